The largest absolute Gasteiger partial charge is 0.179 e. The molecule has 0 bridgehead atoms. The van der Waals surface area contributed by atoms with Gasteiger partial charge in [-0.05, 0) is 12.7 Å². The van der Waals surface area contributed by atoms with Crippen LogP contribution in [0.1, 0.15) is 6.92 Å². The Bertz CT molecular complexity index is 77.7. The zero-order valence-corrected chi connectivity index (χ0v) is 7.41. The second-order valence-corrected chi connectivity index (χ2v) is 5.78. The molecule has 0 saturated carbocycles. The molecule has 1 fully saturated rings. The molecule has 0 spiro atoms. The van der Waals surface area contributed by atoms with Gasteiger partial charge in [-0.25, -0.2) is 0 Å². The minimum absolute atomic E-state index is 0.586. The summed E-state index contributed by atoms with van der Waals surface area (Å²) in [6.45, 7) is 2.30. The van der Waals surface area contributed by atoms with Crippen molar-refractivity contribution >= 4 is 36.2 Å². The Morgan fingerprint density at radius 3 is 2.88 bits per heavy atom. The third kappa shape index (κ3) is 2.11. The van der Waals surface area contributed by atoms with Crippen molar-refractivity contribution in [3.63, 3.8) is 0 Å². The minimum atomic E-state index is 0.586. The van der Waals surface area contributed by atoms with Crippen LogP contribution in [0.5, 0.6) is 0 Å². The Kier molecular flexibility index (Phi) is 2.47. The molecule has 0 aliphatic carbocycles. The summed E-state index contributed by atoms with van der Waals surface area (Å²) in [5.41, 5.74) is 0. The Hall–Kier alpha value is 1.05. The third-order valence-electron chi connectivity index (χ3n) is 1.05. The molecule has 8 heavy (non-hydrogen) atoms. The smallest absolute Gasteiger partial charge is 0.0674 e. The predicted octanol–water partition coefficient (Wildman–Crippen LogP) is 2.11. The Morgan fingerprint density at radius 2 is 2.50 bits per heavy atom. The van der Waals surface area contributed by atoms with Crippen molar-refractivity contribution in [1.29, 1.82) is 0 Å². The van der Waals surface area contributed by atoms with Gasteiger partial charge in [0.1, 0.15) is 0 Å². The maximum absolute atomic E-state index is 4.13. The molecule has 0 aromatic heterocycles. The number of hydrogen-bond acceptors (Lipinski definition) is 3. The number of hydrogen-bond donors (Lipinski definition) is 1. The lowest BCUT2D eigenvalue weighted by Crippen LogP contribution is -1.96. The summed E-state index contributed by atoms with van der Waals surface area (Å²) in [4.78, 5) is 0. The van der Waals surface area contributed by atoms with E-state index in [1.807, 2.05) is 23.5 Å². The number of thiol groups is 1. The predicted molar refractivity (Wildman–Crippen MR) is 47.2 cm³/mol. The molecule has 0 aromatic rings. The van der Waals surface area contributed by atoms with Crippen LogP contribution in [0.15, 0.2) is 0 Å². The molecule has 1 saturated heterocycles. The lowest BCUT2D eigenvalue weighted by Gasteiger charge is -2.01. The van der Waals surface area contributed by atoms with Gasteiger partial charge in [0.2, 0.25) is 0 Å². The van der Waals surface area contributed by atoms with Crippen LogP contribution in [-0.2, 0) is 0 Å². The van der Waals surface area contributed by atoms with E-state index in [0.29, 0.717) is 4.08 Å². The third-order valence-corrected chi connectivity index (χ3v) is 4.76. The first kappa shape index (κ1) is 7.16. The van der Waals surface area contributed by atoms with Crippen LogP contribution in [-0.4, -0.2) is 21.3 Å². The molecule has 1 unspecified atom stereocenters. The van der Waals surface area contributed by atoms with Crippen LogP contribution >= 0.6 is 36.2 Å². The SMILES string of the molecule is CC1(SCCS)CS1. The summed E-state index contributed by atoms with van der Waals surface area (Å²) >= 11 is 8.20. The molecular weight excluding hydrogens is 156 g/mol. The van der Waals surface area contributed by atoms with Crippen molar-refractivity contribution < 1.29 is 0 Å². The van der Waals surface area contributed by atoms with Crippen molar-refractivity contribution in [2.75, 3.05) is 17.3 Å². The molecule has 0 nitrogen and oxygen atoms in total. The van der Waals surface area contributed by atoms with E-state index in [0.717, 1.165) is 5.75 Å². The van der Waals surface area contributed by atoms with Gasteiger partial charge in [0, 0.05) is 11.5 Å². The summed E-state index contributed by atoms with van der Waals surface area (Å²) in [5, 5.41) is 0. The van der Waals surface area contributed by atoms with Crippen LogP contribution < -0.4 is 0 Å². The zero-order chi connectivity index (χ0) is 6.04. The molecule has 0 N–H and O–H groups in total. The van der Waals surface area contributed by atoms with Gasteiger partial charge in [-0.3, -0.25) is 0 Å². The van der Waals surface area contributed by atoms with Gasteiger partial charge in [-0.1, -0.05) is 0 Å². The fraction of sp³-hybridized carbons (Fsp3) is 1.00. The van der Waals surface area contributed by atoms with Gasteiger partial charge < -0.3 is 0 Å². The van der Waals surface area contributed by atoms with Crippen LogP contribution in [0.3, 0.4) is 0 Å². The molecule has 0 amide bonds. The van der Waals surface area contributed by atoms with Crippen LogP contribution in [0.4, 0.5) is 0 Å². The molecule has 0 radical (unpaired) electrons. The van der Waals surface area contributed by atoms with Gasteiger partial charge in [0.05, 0.1) is 4.08 Å². The summed E-state index contributed by atoms with van der Waals surface area (Å²) in [6, 6.07) is 0. The number of rotatable bonds is 3. The minimum Gasteiger partial charge on any atom is -0.179 e. The van der Waals surface area contributed by atoms with E-state index in [1.165, 1.54) is 11.5 Å². The highest BCUT2D eigenvalue weighted by atomic mass is 32.2. The van der Waals surface area contributed by atoms with Crippen molar-refractivity contribution in [3.05, 3.63) is 0 Å². The first-order valence-electron chi connectivity index (χ1n) is 2.66. The lowest BCUT2D eigenvalue weighted by atomic mass is 10.6. The average molecular weight is 166 g/mol. The molecule has 1 heterocycles. The molecular formula is C5H10S3. The topological polar surface area (TPSA) is 0 Å². The van der Waals surface area contributed by atoms with E-state index in [4.69, 9.17) is 0 Å². The van der Waals surface area contributed by atoms with Crippen LogP contribution in [0, 0.1) is 0 Å². The average Bonchev–Trinajstić information content (AvgIpc) is 2.45. The van der Waals surface area contributed by atoms with Crippen molar-refractivity contribution in [2.45, 2.75) is 11.0 Å². The molecule has 1 rings (SSSR count). The highest BCUT2D eigenvalue weighted by Gasteiger charge is 2.38. The fourth-order valence-corrected chi connectivity index (χ4v) is 2.54. The van der Waals surface area contributed by atoms with E-state index in [-0.39, 0.29) is 0 Å². The highest BCUT2D eigenvalue weighted by molar-refractivity contribution is 8.24. The Labute approximate surface area is 64.6 Å². The molecule has 3 heteroatoms. The van der Waals surface area contributed by atoms with E-state index in [2.05, 4.69) is 19.6 Å². The van der Waals surface area contributed by atoms with Crippen LogP contribution in [0.2, 0.25) is 0 Å². The summed E-state index contributed by atoms with van der Waals surface area (Å²) < 4.78 is 0.586. The van der Waals surface area contributed by atoms with E-state index in [9.17, 15) is 0 Å². The molecule has 0 aromatic carbocycles. The first-order chi connectivity index (χ1) is 3.77. The second-order valence-electron chi connectivity index (χ2n) is 1.99. The highest BCUT2D eigenvalue weighted by Crippen LogP contribution is 2.52. The zero-order valence-electron chi connectivity index (χ0n) is 4.89. The fourth-order valence-electron chi connectivity index (χ4n) is 0.447. The lowest BCUT2D eigenvalue weighted by molar-refractivity contribution is 1.15. The van der Waals surface area contributed by atoms with E-state index in [1.54, 1.807) is 0 Å². The Balaban J connectivity index is 2.01. The van der Waals surface area contributed by atoms with Gasteiger partial charge in [-0.2, -0.15) is 12.6 Å². The van der Waals surface area contributed by atoms with Gasteiger partial charge in [0.15, 0.2) is 0 Å². The van der Waals surface area contributed by atoms with Gasteiger partial charge in [0.25, 0.3) is 0 Å². The summed E-state index contributed by atoms with van der Waals surface area (Å²) in [6.07, 6.45) is 0. The molecule has 48 valence electrons. The molecule has 1 atom stereocenters. The quantitative estimate of drug-likeness (QED) is 0.504. The van der Waals surface area contributed by atoms with Gasteiger partial charge in [-0.15, -0.1) is 23.5 Å². The van der Waals surface area contributed by atoms with E-state index >= 15 is 0 Å². The monoisotopic (exact) mass is 166 g/mol. The van der Waals surface area contributed by atoms with Crippen molar-refractivity contribution in [3.8, 4) is 0 Å². The molecule has 1 aliphatic rings. The van der Waals surface area contributed by atoms with E-state index < -0.39 is 0 Å². The standard InChI is InChI=1S/C5H10S3/c1-5(4-8-5)7-3-2-6/h6H,2-4H2,1H3. The number of thioether (sulfide) groups is 2. The Morgan fingerprint density at radius 1 is 1.88 bits per heavy atom. The van der Waals surface area contributed by atoms with Crippen molar-refractivity contribution in [1.82, 2.24) is 0 Å². The first-order valence-corrected chi connectivity index (χ1v) is 5.26. The van der Waals surface area contributed by atoms with Crippen molar-refractivity contribution in [2.24, 2.45) is 0 Å². The summed E-state index contributed by atoms with van der Waals surface area (Å²) in [5.74, 6) is 3.55. The normalized spacial score (nSPS) is 35.2. The maximum atomic E-state index is 4.13. The summed E-state index contributed by atoms with van der Waals surface area (Å²) in [7, 11) is 0. The molecule has 1 aliphatic heterocycles. The van der Waals surface area contributed by atoms with Gasteiger partial charge >= 0.3 is 0 Å². The maximum Gasteiger partial charge on any atom is 0.0674 e. The van der Waals surface area contributed by atoms with Crippen LogP contribution in [0.25, 0.3) is 0 Å². The second kappa shape index (κ2) is 2.76.